The van der Waals surface area contributed by atoms with Gasteiger partial charge in [0.05, 0.1) is 21.4 Å². The molecular formula is C10H6FNS2. The minimum atomic E-state index is -0.283. The predicted octanol–water partition coefficient (Wildman–Crippen LogP) is 3.40. The maximum Gasteiger partial charge on any atom is 0.145 e. The fourth-order valence-electron chi connectivity index (χ4n) is 1.32. The quantitative estimate of drug-likeness (QED) is 0.736. The van der Waals surface area contributed by atoms with Crippen LogP contribution in [-0.2, 0) is 6.42 Å². The van der Waals surface area contributed by atoms with Crippen LogP contribution < -0.4 is 0 Å². The molecule has 0 aliphatic heterocycles. The van der Waals surface area contributed by atoms with Crippen molar-refractivity contribution in [2.75, 3.05) is 0 Å². The van der Waals surface area contributed by atoms with Crippen molar-refractivity contribution in [2.24, 2.45) is 0 Å². The summed E-state index contributed by atoms with van der Waals surface area (Å²) < 4.78 is 15.1. The van der Waals surface area contributed by atoms with Crippen molar-refractivity contribution in [2.45, 2.75) is 10.6 Å². The van der Waals surface area contributed by atoms with E-state index >= 15 is 0 Å². The molecule has 1 aromatic carbocycles. The lowest BCUT2D eigenvalue weighted by Crippen LogP contribution is -1.87. The molecule has 0 aliphatic carbocycles. The van der Waals surface area contributed by atoms with E-state index < -0.39 is 0 Å². The molecule has 0 unspecified atom stereocenters. The van der Waals surface area contributed by atoms with Gasteiger partial charge >= 0.3 is 0 Å². The summed E-state index contributed by atoms with van der Waals surface area (Å²) in [7, 11) is 0. The first kappa shape index (κ1) is 9.50. The fraction of sp³-hybridized carbons (Fsp3) is 0.100. The summed E-state index contributed by atoms with van der Waals surface area (Å²) in [6.07, 6.45) is 0.113. The van der Waals surface area contributed by atoms with Gasteiger partial charge in [0, 0.05) is 5.56 Å². The van der Waals surface area contributed by atoms with Crippen molar-refractivity contribution in [3.8, 4) is 6.07 Å². The fourth-order valence-corrected chi connectivity index (χ4v) is 2.59. The van der Waals surface area contributed by atoms with Crippen LogP contribution >= 0.6 is 24.0 Å². The van der Waals surface area contributed by atoms with Crippen molar-refractivity contribution >= 4 is 34.1 Å². The van der Waals surface area contributed by atoms with Crippen LogP contribution in [0.25, 0.3) is 10.1 Å². The van der Waals surface area contributed by atoms with Crippen molar-refractivity contribution in [1.29, 1.82) is 5.26 Å². The van der Waals surface area contributed by atoms with Crippen LogP contribution in [0.5, 0.6) is 0 Å². The first-order valence-electron chi connectivity index (χ1n) is 3.99. The summed E-state index contributed by atoms with van der Waals surface area (Å²) >= 11 is 5.46. The zero-order valence-corrected chi connectivity index (χ0v) is 8.83. The third-order valence-corrected chi connectivity index (χ3v) is 3.31. The topological polar surface area (TPSA) is 23.8 Å². The number of thiol groups is 1. The van der Waals surface area contributed by atoms with Gasteiger partial charge in [-0.15, -0.1) is 24.0 Å². The molecule has 0 spiro atoms. The molecule has 1 aromatic heterocycles. The predicted molar refractivity (Wildman–Crippen MR) is 58.4 cm³/mol. The van der Waals surface area contributed by atoms with Gasteiger partial charge < -0.3 is 0 Å². The average molecular weight is 223 g/mol. The van der Waals surface area contributed by atoms with Crippen LogP contribution in [0.1, 0.15) is 5.56 Å². The minimum Gasteiger partial charge on any atom is -0.205 e. The summed E-state index contributed by atoms with van der Waals surface area (Å²) in [5.74, 6) is -0.283. The highest BCUT2D eigenvalue weighted by atomic mass is 32.2. The van der Waals surface area contributed by atoms with Crippen LogP contribution in [0.2, 0.25) is 0 Å². The Labute approximate surface area is 90.2 Å². The lowest BCUT2D eigenvalue weighted by atomic mass is 10.1. The number of halogens is 1. The molecule has 1 nitrogen and oxygen atoms in total. The number of nitriles is 1. The van der Waals surface area contributed by atoms with Gasteiger partial charge in [0.25, 0.3) is 0 Å². The number of rotatable bonds is 1. The number of nitrogens with zero attached hydrogens (tertiary/aromatic N) is 1. The van der Waals surface area contributed by atoms with E-state index in [9.17, 15) is 4.39 Å². The maximum atomic E-state index is 13.7. The van der Waals surface area contributed by atoms with E-state index in [-0.39, 0.29) is 12.2 Å². The Morgan fingerprint density at radius 3 is 3.00 bits per heavy atom. The SMILES string of the molecule is N#CCc1ccc2cc(S)sc2c1F. The number of benzene rings is 1. The molecular weight excluding hydrogens is 217 g/mol. The zero-order valence-electron chi connectivity index (χ0n) is 7.12. The molecule has 0 aliphatic rings. The highest BCUT2D eigenvalue weighted by Gasteiger charge is 2.09. The Bertz CT molecular complexity index is 525. The van der Waals surface area contributed by atoms with Crippen LogP contribution in [0.15, 0.2) is 22.4 Å². The molecule has 70 valence electrons. The molecule has 0 fully saturated rings. The van der Waals surface area contributed by atoms with Gasteiger partial charge in [-0.3, -0.25) is 0 Å². The Kier molecular flexibility index (Phi) is 2.44. The van der Waals surface area contributed by atoms with Crippen molar-refractivity contribution in [3.05, 3.63) is 29.6 Å². The molecule has 2 aromatic rings. The number of hydrogen-bond acceptors (Lipinski definition) is 3. The second-order valence-corrected chi connectivity index (χ2v) is 4.71. The highest BCUT2D eigenvalue weighted by molar-refractivity contribution is 7.83. The normalized spacial score (nSPS) is 10.4. The van der Waals surface area contributed by atoms with Crippen LogP contribution in [0.3, 0.4) is 0 Å². The summed E-state index contributed by atoms with van der Waals surface area (Å²) in [6.45, 7) is 0. The number of thiophene rings is 1. The smallest absolute Gasteiger partial charge is 0.145 e. The molecule has 2 rings (SSSR count). The summed E-state index contributed by atoms with van der Waals surface area (Å²) in [4.78, 5) is 0. The van der Waals surface area contributed by atoms with E-state index in [1.165, 1.54) is 11.3 Å². The minimum absolute atomic E-state index is 0.113. The standard InChI is InChI=1S/C10H6FNS2/c11-9-6(3-4-12)1-2-7-5-8(13)14-10(7)9/h1-2,5,13H,3H2. The van der Waals surface area contributed by atoms with E-state index in [1.54, 1.807) is 6.07 Å². The average Bonchev–Trinajstić information content (AvgIpc) is 2.52. The molecule has 14 heavy (non-hydrogen) atoms. The Balaban J connectivity index is 2.69. The van der Waals surface area contributed by atoms with Gasteiger partial charge in [-0.25, -0.2) is 4.39 Å². The third kappa shape index (κ3) is 1.49. The van der Waals surface area contributed by atoms with E-state index in [2.05, 4.69) is 12.6 Å². The second-order valence-electron chi connectivity index (χ2n) is 2.88. The summed E-state index contributed by atoms with van der Waals surface area (Å²) in [5, 5.41) is 9.34. The maximum absolute atomic E-state index is 13.7. The largest absolute Gasteiger partial charge is 0.205 e. The first-order chi connectivity index (χ1) is 6.72. The number of fused-ring (bicyclic) bond motifs is 1. The first-order valence-corrected chi connectivity index (χ1v) is 5.25. The van der Waals surface area contributed by atoms with Gasteiger partial charge in [-0.05, 0) is 11.5 Å². The van der Waals surface area contributed by atoms with Crippen LogP contribution in [0.4, 0.5) is 4.39 Å². The zero-order chi connectivity index (χ0) is 10.1. The highest BCUT2D eigenvalue weighted by Crippen LogP contribution is 2.31. The molecule has 0 atom stereocenters. The second kappa shape index (κ2) is 3.60. The van der Waals surface area contributed by atoms with Crippen molar-refractivity contribution in [1.82, 2.24) is 0 Å². The Morgan fingerprint density at radius 2 is 2.29 bits per heavy atom. The molecule has 0 saturated carbocycles. The van der Waals surface area contributed by atoms with Crippen LogP contribution in [-0.4, -0.2) is 0 Å². The molecule has 0 amide bonds. The molecule has 0 N–H and O–H groups in total. The van der Waals surface area contributed by atoms with Crippen molar-refractivity contribution < 1.29 is 4.39 Å². The molecule has 0 bridgehead atoms. The van der Waals surface area contributed by atoms with Gasteiger partial charge in [0.15, 0.2) is 0 Å². The van der Waals surface area contributed by atoms with E-state index in [4.69, 9.17) is 5.26 Å². The number of hydrogen-bond donors (Lipinski definition) is 1. The van der Waals surface area contributed by atoms with Crippen LogP contribution in [0, 0.1) is 17.1 Å². The van der Waals surface area contributed by atoms with Gasteiger partial charge in [-0.2, -0.15) is 5.26 Å². The van der Waals surface area contributed by atoms with E-state index in [1.807, 2.05) is 18.2 Å². The summed E-state index contributed by atoms with van der Waals surface area (Å²) in [6, 6.07) is 7.24. The Morgan fingerprint density at radius 1 is 1.50 bits per heavy atom. The van der Waals surface area contributed by atoms with Crippen molar-refractivity contribution in [3.63, 3.8) is 0 Å². The molecule has 4 heteroatoms. The molecule has 0 radical (unpaired) electrons. The lowest BCUT2D eigenvalue weighted by molar-refractivity contribution is 0.629. The lowest BCUT2D eigenvalue weighted by Gasteiger charge is -1.97. The molecule has 1 heterocycles. The monoisotopic (exact) mass is 223 g/mol. The van der Waals surface area contributed by atoms with Gasteiger partial charge in [-0.1, -0.05) is 12.1 Å². The van der Waals surface area contributed by atoms with Gasteiger partial charge in [0.2, 0.25) is 0 Å². The van der Waals surface area contributed by atoms with E-state index in [0.29, 0.717) is 10.3 Å². The molecule has 0 saturated heterocycles. The van der Waals surface area contributed by atoms with E-state index in [0.717, 1.165) is 9.60 Å². The summed E-state index contributed by atoms with van der Waals surface area (Å²) in [5.41, 5.74) is 0.454. The van der Waals surface area contributed by atoms with Gasteiger partial charge in [0.1, 0.15) is 5.82 Å². The Hall–Kier alpha value is -1.05. The third-order valence-electron chi connectivity index (χ3n) is 1.96.